The molecule has 3 heteroatoms. The molecule has 1 aliphatic rings. The minimum Gasteiger partial charge on any atom is -0.357 e. The fourth-order valence-electron chi connectivity index (χ4n) is 2.17. The van der Waals surface area contributed by atoms with Crippen molar-refractivity contribution in [2.45, 2.75) is 69.5 Å². The number of nitrogens with zero attached hydrogens (tertiary/aromatic N) is 1. The van der Waals surface area contributed by atoms with Crippen LogP contribution in [0, 0.1) is 11.3 Å². The Kier molecular flexibility index (Phi) is 4.89. The molecule has 0 bridgehead atoms. The topological polar surface area (TPSA) is 33.0 Å². The van der Waals surface area contributed by atoms with Crippen molar-refractivity contribution in [3.63, 3.8) is 0 Å². The van der Waals surface area contributed by atoms with Crippen LogP contribution < -0.4 is 0 Å². The Morgan fingerprint density at radius 1 is 1.67 bits per heavy atom. The predicted molar refractivity (Wildman–Crippen MR) is 61.9 cm³/mol. The van der Waals surface area contributed by atoms with Crippen LogP contribution in [0.25, 0.3) is 0 Å². The molecule has 0 unspecified atom stereocenters. The second-order valence-electron chi connectivity index (χ2n) is 4.60. The highest BCUT2D eigenvalue weighted by Gasteiger charge is 2.35. The molecule has 3 atom stereocenters. The van der Waals surface area contributed by atoms with Crippen molar-refractivity contribution >= 4 is 11.6 Å². The summed E-state index contributed by atoms with van der Waals surface area (Å²) in [5, 5.41) is 9.41. The van der Waals surface area contributed by atoms with Gasteiger partial charge in [0.15, 0.2) is 5.60 Å². The molecule has 0 aromatic rings. The summed E-state index contributed by atoms with van der Waals surface area (Å²) in [7, 11) is 0. The zero-order valence-electron chi connectivity index (χ0n) is 9.63. The highest BCUT2D eigenvalue weighted by molar-refractivity contribution is 6.20. The van der Waals surface area contributed by atoms with E-state index in [2.05, 4.69) is 13.0 Å². The third-order valence-electron chi connectivity index (χ3n) is 3.00. The molecule has 1 fully saturated rings. The van der Waals surface area contributed by atoms with Gasteiger partial charge in [0.25, 0.3) is 0 Å². The SMILES string of the molecule is C[C@@H](Cl)CCC[C@]1(C#N)CCC[C@H](C)O1. The van der Waals surface area contributed by atoms with E-state index in [1.54, 1.807) is 0 Å². The summed E-state index contributed by atoms with van der Waals surface area (Å²) >= 11 is 5.89. The van der Waals surface area contributed by atoms with E-state index in [1.165, 1.54) is 0 Å². The summed E-state index contributed by atoms with van der Waals surface area (Å²) in [6.07, 6.45) is 6.05. The largest absolute Gasteiger partial charge is 0.357 e. The zero-order chi connectivity index (χ0) is 11.3. The molecule has 1 rings (SSSR count). The van der Waals surface area contributed by atoms with E-state index in [0.29, 0.717) is 0 Å². The van der Waals surface area contributed by atoms with Crippen molar-refractivity contribution in [2.24, 2.45) is 0 Å². The van der Waals surface area contributed by atoms with Crippen molar-refractivity contribution in [2.75, 3.05) is 0 Å². The molecule has 0 aliphatic carbocycles. The Morgan fingerprint density at radius 3 is 2.93 bits per heavy atom. The van der Waals surface area contributed by atoms with Crippen LogP contribution in [0.3, 0.4) is 0 Å². The van der Waals surface area contributed by atoms with Gasteiger partial charge in [0.1, 0.15) is 0 Å². The Bertz CT molecular complexity index is 236. The van der Waals surface area contributed by atoms with Gasteiger partial charge in [0.05, 0.1) is 12.2 Å². The molecule has 0 aromatic carbocycles. The molecule has 15 heavy (non-hydrogen) atoms. The number of rotatable bonds is 4. The number of alkyl halides is 1. The van der Waals surface area contributed by atoms with Gasteiger partial charge < -0.3 is 4.74 Å². The molecule has 1 heterocycles. The van der Waals surface area contributed by atoms with Gasteiger partial charge >= 0.3 is 0 Å². The molecule has 1 aliphatic heterocycles. The molecule has 0 amide bonds. The molecular weight excluding hydrogens is 210 g/mol. The van der Waals surface area contributed by atoms with Gasteiger partial charge in [0.2, 0.25) is 0 Å². The first-order chi connectivity index (χ1) is 7.08. The average molecular weight is 230 g/mol. The van der Waals surface area contributed by atoms with Gasteiger partial charge in [-0.25, -0.2) is 0 Å². The number of ether oxygens (including phenoxy) is 1. The van der Waals surface area contributed by atoms with Crippen LogP contribution in [0.15, 0.2) is 0 Å². The third-order valence-corrected chi connectivity index (χ3v) is 3.22. The molecule has 0 spiro atoms. The second kappa shape index (κ2) is 5.72. The Balaban J connectivity index is 2.42. The van der Waals surface area contributed by atoms with E-state index in [9.17, 15) is 5.26 Å². The number of hydrogen-bond donors (Lipinski definition) is 0. The number of nitriles is 1. The van der Waals surface area contributed by atoms with Crippen molar-refractivity contribution in [3.05, 3.63) is 0 Å². The van der Waals surface area contributed by atoms with E-state index in [-0.39, 0.29) is 11.5 Å². The molecular formula is C12H20ClNO. The van der Waals surface area contributed by atoms with E-state index in [1.807, 2.05) is 6.92 Å². The first kappa shape index (κ1) is 12.8. The number of halogens is 1. The maximum atomic E-state index is 9.22. The van der Waals surface area contributed by atoms with Gasteiger partial charge in [-0.2, -0.15) is 5.26 Å². The molecule has 86 valence electrons. The molecule has 0 N–H and O–H groups in total. The maximum absolute atomic E-state index is 9.22. The minimum atomic E-state index is -0.524. The van der Waals surface area contributed by atoms with Crippen LogP contribution in [-0.4, -0.2) is 17.1 Å². The lowest BCUT2D eigenvalue weighted by Gasteiger charge is -2.35. The van der Waals surface area contributed by atoms with Crippen LogP contribution >= 0.6 is 11.6 Å². The molecule has 0 radical (unpaired) electrons. The lowest BCUT2D eigenvalue weighted by atomic mass is 9.88. The second-order valence-corrected chi connectivity index (χ2v) is 5.34. The summed E-state index contributed by atoms with van der Waals surface area (Å²) in [6.45, 7) is 4.04. The monoisotopic (exact) mass is 229 g/mol. The van der Waals surface area contributed by atoms with E-state index in [4.69, 9.17) is 16.3 Å². The summed E-state index contributed by atoms with van der Waals surface area (Å²) in [4.78, 5) is 0. The van der Waals surface area contributed by atoms with E-state index >= 15 is 0 Å². The smallest absolute Gasteiger partial charge is 0.154 e. The van der Waals surface area contributed by atoms with Gasteiger partial charge in [-0.15, -0.1) is 11.6 Å². The maximum Gasteiger partial charge on any atom is 0.154 e. The Hall–Kier alpha value is -0.260. The quantitative estimate of drug-likeness (QED) is 0.690. The first-order valence-corrected chi connectivity index (χ1v) is 6.25. The Labute approximate surface area is 97.6 Å². The van der Waals surface area contributed by atoms with Crippen LogP contribution in [0.5, 0.6) is 0 Å². The normalized spacial score (nSPS) is 33.3. The molecule has 0 aromatic heterocycles. The lowest BCUT2D eigenvalue weighted by molar-refractivity contribution is -0.0908. The Morgan fingerprint density at radius 2 is 2.40 bits per heavy atom. The summed E-state index contributed by atoms with van der Waals surface area (Å²) in [5.74, 6) is 0. The van der Waals surface area contributed by atoms with Crippen molar-refractivity contribution in [3.8, 4) is 6.07 Å². The highest BCUT2D eigenvalue weighted by atomic mass is 35.5. The zero-order valence-corrected chi connectivity index (χ0v) is 10.4. The van der Waals surface area contributed by atoms with Crippen LogP contribution in [0.1, 0.15) is 52.4 Å². The highest BCUT2D eigenvalue weighted by Crippen LogP contribution is 2.32. The standard InChI is InChI=1S/C12H20ClNO/c1-10(13)5-3-7-12(9-14)8-4-6-11(2)15-12/h10-11H,3-8H2,1-2H3/t10-,11+,12-/m1/s1. The predicted octanol–water partition coefficient (Wildman–Crippen LogP) is 3.64. The van der Waals surface area contributed by atoms with Crippen LogP contribution in [0.4, 0.5) is 0 Å². The fraction of sp³-hybridized carbons (Fsp3) is 0.917. The summed E-state index contributed by atoms with van der Waals surface area (Å²) < 4.78 is 5.80. The third kappa shape index (κ3) is 4.01. The minimum absolute atomic E-state index is 0.196. The van der Waals surface area contributed by atoms with Crippen LogP contribution in [-0.2, 0) is 4.74 Å². The molecule has 1 saturated heterocycles. The number of hydrogen-bond acceptors (Lipinski definition) is 2. The molecule has 2 nitrogen and oxygen atoms in total. The van der Waals surface area contributed by atoms with E-state index in [0.717, 1.165) is 38.5 Å². The van der Waals surface area contributed by atoms with Gasteiger partial charge in [0, 0.05) is 5.38 Å². The fourth-order valence-corrected chi connectivity index (χ4v) is 2.32. The van der Waals surface area contributed by atoms with Gasteiger partial charge in [-0.05, 0) is 52.4 Å². The van der Waals surface area contributed by atoms with Crippen LogP contribution in [0.2, 0.25) is 0 Å². The van der Waals surface area contributed by atoms with Crippen molar-refractivity contribution in [1.29, 1.82) is 5.26 Å². The average Bonchev–Trinajstić information content (AvgIpc) is 2.17. The molecule has 0 saturated carbocycles. The summed E-state index contributed by atoms with van der Waals surface area (Å²) in [5.41, 5.74) is -0.524. The van der Waals surface area contributed by atoms with Crippen molar-refractivity contribution in [1.82, 2.24) is 0 Å². The van der Waals surface area contributed by atoms with Gasteiger partial charge in [-0.3, -0.25) is 0 Å². The van der Waals surface area contributed by atoms with Gasteiger partial charge in [-0.1, -0.05) is 0 Å². The van der Waals surface area contributed by atoms with E-state index < -0.39 is 5.60 Å². The first-order valence-electron chi connectivity index (χ1n) is 5.81. The summed E-state index contributed by atoms with van der Waals surface area (Å²) in [6, 6.07) is 2.36. The lowest BCUT2D eigenvalue weighted by Crippen LogP contribution is -2.38. The van der Waals surface area contributed by atoms with Crippen molar-refractivity contribution < 1.29 is 4.74 Å².